The SMILES string of the molecule is CNCC(=O)c1cc(Br)cc(OC)c1OC(C)C. The quantitative estimate of drug-likeness (QED) is 0.820. The Balaban J connectivity index is 3.27. The average Bonchev–Trinajstić information content (AvgIpc) is 2.30. The van der Waals surface area contributed by atoms with Crippen molar-refractivity contribution in [3.05, 3.63) is 22.2 Å². The Labute approximate surface area is 116 Å². The summed E-state index contributed by atoms with van der Waals surface area (Å²) in [5, 5.41) is 2.84. The number of hydrogen-bond acceptors (Lipinski definition) is 4. The van der Waals surface area contributed by atoms with Crippen molar-refractivity contribution < 1.29 is 14.3 Å². The van der Waals surface area contributed by atoms with E-state index in [1.54, 1.807) is 26.3 Å². The Bertz CT molecular complexity index is 432. The summed E-state index contributed by atoms with van der Waals surface area (Å²) in [6.45, 7) is 4.08. The fraction of sp³-hybridized carbons (Fsp3) is 0.462. The number of ketones is 1. The predicted octanol–water partition coefficient (Wildman–Crippen LogP) is 2.65. The smallest absolute Gasteiger partial charge is 0.180 e. The van der Waals surface area contributed by atoms with Gasteiger partial charge in [0.05, 0.1) is 25.3 Å². The summed E-state index contributed by atoms with van der Waals surface area (Å²) < 4.78 is 11.8. The summed E-state index contributed by atoms with van der Waals surface area (Å²) in [5.74, 6) is 1.02. The van der Waals surface area contributed by atoms with Crippen LogP contribution in [0.2, 0.25) is 0 Å². The molecular formula is C13H18BrNO3. The molecule has 18 heavy (non-hydrogen) atoms. The first-order chi connectivity index (χ1) is 8.49. The molecular weight excluding hydrogens is 298 g/mol. The summed E-state index contributed by atoms with van der Waals surface area (Å²) in [6.07, 6.45) is -0.0267. The maximum Gasteiger partial charge on any atom is 0.180 e. The van der Waals surface area contributed by atoms with E-state index in [-0.39, 0.29) is 18.4 Å². The third kappa shape index (κ3) is 3.71. The number of rotatable bonds is 6. The molecule has 0 saturated heterocycles. The minimum absolute atomic E-state index is 0.0267. The van der Waals surface area contributed by atoms with Gasteiger partial charge in [0.1, 0.15) is 0 Å². The molecule has 1 rings (SSSR count). The first-order valence-corrected chi connectivity index (χ1v) is 6.50. The van der Waals surface area contributed by atoms with E-state index in [9.17, 15) is 4.79 Å². The van der Waals surface area contributed by atoms with Gasteiger partial charge in [-0.15, -0.1) is 0 Å². The molecule has 1 N–H and O–H groups in total. The summed E-state index contributed by atoms with van der Waals surface area (Å²) in [6, 6.07) is 3.54. The topological polar surface area (TPSA) is 47.6 Å². The zero-order valence-electron chi connectivity index (χ0n) is 11.0. The zero-order valence-corrected chi connectivity index (χ0v) is 12.6. The number of likely N-dealkylation sites (N-methyl/N-ethyl adjacent to an activating group) is 1. The van der Waals surface area contributed by atoms with Crippen LogP contribution in [0.4, 0.5) is 0 Å². The van der Waals surface area contributed by atoms with Crippen LogP contribution in [0, 0.1) is 0 Å². The van der Waals surface area contributed by atoms with Gasteiger partial charge in [-0.25, -0.2) is 0 Å². The first-order valence-electron chi connectivity index (χ1n) is 5.71. The summed E-state index contributed by atoms with van der Waals surface area (Å²) in [4.78, 5) is 12.0. The number of nitrogens with one attached hydrogen (secondary N) is 1. The monoisotopic (exact) mass is 315 g/mol. The molecule has 0 aliphatic rings. The van der Waals surface area contributed by atoms with Gasteiger partial charge in [-0.3, -0.25) is 4.79 Å². The van der Waals surface area contributed by atoms with Crippen molar-refractivity contribution in [2.75, 3.05) is 20.7 Å². The van der Waals surface area contributed by atoms with Crippen LogP contribution in [0.15, 0.2) is 16.6 Å². The second-order valence-electron chi connectivity index (χ2n) is 4.10. The van der Waals surface area contributed by atoms with Gasteiger partial charge in [-0.2, -0.15) is 0 Å². The minimum Gasteiger partial charge on any atom is -0.493 e. The highest BCUT2D eigenvalue weighted by Gasteiger charge is 2.19. The van der Waals surface area contributed by atoms with Gasteiger partial charge in [-0.05, 0) is 33.0 Å². The lowest BCUT2D eigenvalue weighted by Gasteiger charge is -2.17. The molecule has 0 spiro atoms. The van der Waals surface area contributed by atoms with Gasteiger partial charge in [0.2, 0.25) is 0 Å². The van der Waals surface area contributed by atoms with E-state index >= 15 is 0 Å². The lowest BCUT2D eigenvalue weighted by Crippen LogP contribution is -2.20. The molecule has 1 aromatic carbocycles. The Morgan fingerprint density at radius 1 is 1.44 bits per heavy atom. The van der Waals surface area contributed by atoms with Crippen LogP contribution in [0.25, 0.3) is 0 Å². The molecule has 0 aliphatic heterocycles. The summed E-state index contributed by atoms with van der Waals surface area (Å²) in [5.41, 5.74) is 0.518. The maximum absolute atomic E-state index is 12.0. The van der Waals surface area contributed by atoms with Crippen molar-refractivity contribution in [2.45, 2.75) is 20.0 Å². The molecule has 0 aromatic heterocycles. The van der Waals surface area contributed by atoms with Crippen LogP contribution in [-0.4, -0.2) is 32.6 Å². The van der Waals surface area contributed by atoms with Crippen molar-refractivity contribution in [1.29, 1.82) is 0 Å². The van der Waals surface area contributed by atoms with E-state index in [4.69, 9.17) is 9.47 Å². The normalized spacial score (nSPS) is 10.6. The number of ether oxygens (including phenoxy) is 2. The molecule has 100 valence electrons. The second kappa shape index (κ2) is 6.75. The highest BCUT2D eigenvalue weighted by Crippen LogP contribution is 2.35. The summed E-state index contributed by atoms with van der Waals surface area (Å²) in [7, 11) is 3.29. The van der Waals surface area contributed by atoms with Crippen LogP contribution in [0.1, 0.15) is 24.2 Å². The highest BCUT2D eigenvalue weighted by atomic mass is 79.9. The van der Waals surface area contributed by atoms with Crippen LogP contribution < -0.4 is 14.8 Å². The fourth-order valence-corrected chi connectivity index (χ4v) is 1.98. The molecule has 0 unspecified atom stereocenters. The molecule has 0 aliphatic carbocycles. The first kappa shape index (κ1) is 15.0. The number of halogens is 1. The van der Waals surface area contributed by atoms with E-state index in [1.165, 1.54) is 0 Å². The van der Waals surface area contributed by atoms with Crippen LogP contribution in [0.3, 0.4) is 0 Å². The Hall–Kier alpha value is -1.07. The Kier molecular flexibility index (Phi) is 5.62. The molecule has 0 amide bonds. The molecule has 4 nitrogen and oxygen atoms in total. The molecule has 5 heteroatoms. The van der Waals surface area contributed by atoms with Gasteiger partial charge < -0.3 is 14.8 Å². The van der Waals surface area contributed by atoms with Gasteiger partial charge in [0.25, 0.3) is 0 Å². The van der Waals surface area contributed by atoms with Crippen molar-refractivity contribution in [2.24, 2.45) is 0 Å². The fourth-order valence-electron chi connectivity index (χ4n) is 1.54. The van der Waals surface area contributed by atoms with E-state index in [0.717, 1.165) is 4.47 Å². The van der Waals surface area contributed by atoms with Crippen LogP contribution >= 0.6 is 15.9 Å². The van der Waals surface area contributed by atoms with E-state index < -0.39 is 0 Å². The number of carbonyl (C=O) groups excluding carboxylic acids is 1. The largest absolute Gasteiger partial charge is 0.493 e. The predicted molar refractivity (Wildman–Crippen MR) is 74.7 cm³/mol. The van der Waals surface area contributed by atoms with Crippen molar-refractivity contribution in [1.82, 2.24) is 5.32 Å². The minimum atomic E-state index is -0.0345. The molecule has 0 saturated carbocycles. The Morgan fingerprint density at radius 2 is 2.11 bits per heavy atom. The molecule has 1 aromatic rings. The number of carbonyl (C=O) groups is 1. The lowest BCUT2D eigenvalue weighted by atomic mass is 10.1. The van der Waals surface area contributed by atoms with Crippen molar-refractivity contribution in [3.8, 4) is 11.5 Å². The molecule has 0 bridgehead atoms. The number of methoxy groups -OCH3 is 1. The third-order valence-electron chi connectivity index (χ3n) is 2.23. The van der Waals surface area contributed by atoms with Crippen LogP contribution in [-0.2, 0) is 0 Å². The summed E-state index contributed by atoms with van der Waals surface area (Å²) >= 11 is 3.37. The van der Waals surface area contributed by atoms with Crippen molar-refractivity contribution in [3.63, 3.8) is 0 Å². The van der Waals surface area contributed by atoms with Gasteiger partial charge >= 0.3 is 0 Å². The van der Waals surface area contributed by atoms with E-state index in [2.05, 4.69) is 21.2 Å². The second-order valence-corrected chi connectivity index (χ2v) is 5.02. The molecule has 0 heterocycles. The molecule has 0 atom stereocenters. The standard InChI is InChI=1S/C13H18BrNO3/c1-8(2)18-13-10(11(16)7-15-3)5-9(14)6-12(13)17-4/h5-6,8,15H,7H2,1-4H3. The van der Waals surface area contributed by atoms with Crippen molar-refractivity contribution >= 4 is 21.7 Å². The number of hydrogen-bond donors (Lipinski definition) is 1. The van der Waals surface area contributed by atoms with Gasteiger partial charge in [0, 0.05) is 4.47 Å². The van der Waals surface area contributed by atoms with Crippen LogP contribution in [0.5, 0.6) is 11.5 Å². The molecule has 0 radical (unpaired) electrons. The van der Waals surface area contributed by atoms with Gasteiger partial charge in [0.15, 0.2) is 17.3 Å². The number of Topliss-reactive ketones (excluding diaryl/α,β-unsaturated/α-hetero) is 1. The lowest BCUT2D eigenvalue weighted by molar-refractivity contribution is 0.0986. The number of benzene rings is 1. The molecule has 0 fully saturated rings. The van der Waals surface area contributed by atoms with E-state index in [0.29, 0.717) is 17.1 Å². The average molecular weight is 316 g/mol. The highest BCUT2D eigenvalue weighted by molar-refractivity contribution is 9.10. The Morgan fingerprint density at radius 3 is 2.61 bits per heavy atom. The maximum atomic E-state index is 12.0. The zero-order chi connectivity index (χ0) is 13.7. The van der Waals surface area contributed by atoms with Gasteiger partial charge in [-0.1, -0.05) is 15.9 Å². The van der Waals surface area contributed by atoms with E-state index in [1.807, 2.05) is 13.8 Å². The third-order valence-corrected chi connectivity index (χ3v) is 2.69.